The highest BCUT2D eigenvalue weighted by Crippen LogP contribution is 2.44. The van der Waals surface area contributed by atoms with E-state index in [0.29, 0.717) is 27.9 Å². The van der Waals surface area contributed by atoms with Gasteiger partial charge >= 0.3 is 12.1 Å². The maximum Gasteiger partial charge on any atom is 0.416 e. The number of rotatable bonds is 5. The molecule has 0 unspecified atom stereocenters. The molecule has 4 aromatic carbocycles. The second kappa shape index (κ2) is 10.00. The van der Waals surface area contributed by atoms with Crippen LogP contribution >= 0.6 is 0 Å². The fraction of sp³-hybridized carbons (Fsp3) is 0.129. The highest BCUT2D eigenvalue weighted by Gasteiger charge is 2.32. The molecule has 0 saturated carbocycles. The number of azo groups is 1. The molecule has 0 radical (unpaired) electrons. The fourth-order valence-corrected chi connectivity index (χ4v) is 4.59. The molecule has 1 aromatic heterocycles. The summed E-state index contributed by atoms with van der Waals surface area (Å²) in [5.74, 6) is -1.39. The Bertz CT molecular complexity index is 1820. The number of aromatic hydroxyl groups is 1. The summed E-state index contributed by atoms with van der Waals surface area (Å²) in [6.45, 7) is 5.65. The average molecular weight is 544 g/mol. The third-order valence-corrected chi connectivity index (χ3v) is 6.76. The molecule has 5 rings (SSSR count). The van der Waals surface area contributed by atoms with Crippen LogP contribution in [0.15, 0.2) is 89.1 Å². The summed E-state index contributed by atoms with van der Waals surface area (Å²) >= 11 is 0. The van der Waals surface area contributed by atoms with Crippen LogP contribution in [0.2, 0.25) is 0 Å². The Kier molecular flexibility index (Phi) is 6.67. The van der Waals surface area contributed by atoms with Crippen LogP contribution in [-0.2, 0) is 6.18 Å². The number of alkyl halides is 3. The van der Waals surface area contributed by atoms with E-state index in [1.54, 1.807) is 42.5 Å². The highest BCUT2D eigenvalue weighted by atomic mass is 19.4. The summed E-state index contributed by atoms with van der Waals surface area (Å²) < 4.78 is 42.1. The molecule has 0 bridgehead atoms. The molecule has 0 aliphatic carbocycles. The monoisotopic (exact) mass is 543 g/mol. The van der Waals surface area contributed by atoms with Gasteiger partial charge in [0.1, 0.15) is 0 Å². The van der Waals surface area contributed by atoms with E-state index in [2.05, 4.69) is 10.2 Å². The molecule has 0 spiro atoms. The van der Waals surface area contributed by atoms with Gasteiger partial charge in [-0.25, -0.2) is 4.79 Å². The zero-order valence-corrected chi connectivity index (χ0v) is 21.8. The summed E-state index contributed by atoms with van der Waals surface area (Å²) in [4.78, 5) is 11.4. The fourth-order valence-electron chi connectivity index (χ4n) is 4.59. The zero-order valence-electron chi connectivity index (χ0n) is 21.8. The molecule has 0 aliphatic heterocycles. The molecule has 2 N–H and O–H groups in total. The minimum Gasteiger partial charge on any atom is -0.493 e. The van der Waals surface area contributed by atoms with Gasteiger partial charge in [-0.1, -0.05) is 24.3 Å². The SMILES string of the molecule is Cc1cc(N=Nc2c(O)n(-c3ccc(C)c(C)c3)c3cc(C(F)(F)F)ccc23)cc(-c2cccc(C(=O)O)c2)c1. The summed E-state index contributed by atoms with van der Waals surface area (Å²) in [5.41, 5.74) is 4.51. The number of aromatic nitrogens is 1. The second-order valence-electron chi connectivity index (χ2n) is 9.65. The Balaban J connectivity index is 1.65. The third kappa shape index (κ3) is 5.05. The number of hydrogen-bond acceptors (Lipinski definition) is 4. The minimum absolute atomic E-state index is 0.0258. The third-order valence-electron chi connectivity index (χ3n) is 6.76. The van der Waals surface area contributed by atoms with Gasteiger partial charge in [-0.3, -0.25) is 4.57 Å². The molecule has 0 atom stereocenters. The van der Waals surface area contributed by atoms with E-state index >= 15 is 0 Å². The van der Waals surface area contributed by atoms with Crippen molar-refractivity contribution in [2.24, 2.45) is 10.2 Å². The van der Waals surface area contributed by atoms with Crippen LogP contribution in [0.3, 0.4) is 0 Å². The van der Waals surface area contributed by atoms with E-state index in [1.807, 2.05) is 32.9 Å². The summed E-state index contributed by atoms with van der Waals surface area (Å²) in [5, 5.41) is 29.5. The number of fused-ring (bicyclic) bond motifs is 1. The van der Waals surface area contributed by atoms with Crippen LogP contribution in [0.25, 0.3) is 27.7 Å². The Morgan fingerprint density at radius 1 is 0.825 bits per heavy atom. The first-order valence-electron chi connectivity index (χ1n) is 12.3. The quantitative estimate of drug-likeness (QED) is 0.217. The first-order chi connectivity index (χ1) is 18.9. The molecule has 9 heteroatoms. The van der Waals surface area contributed by atoms with Crippen LogP contribution in [0.1, 0.15) is 32.6 Å². The number of benzene rings is 4. The van der Waals surface area contributed by atoms with Crippen molar-refractivity contribution in [2.45, 2.75) is 26.9 Å². The van der Waals surface area contributed by atoms with Gasteiger partial charge in [-0.15, -0.1) is 5.11 Å². The van der Waals surface area contributed by atoms with Crippen molar-refractivity contribution in [3.63, 3.8) is 0 Å². The Morgan fingerprint density at radius 3 is 2.30 bits per heavy atom. The Hall–Kier alpha value is -4.92. The lowest BCUT2D eigenvalue weighted by Gasteiger charge is -2.11. The molecule has 5 aromatic rings. The van der Waals surface area contributed by atoms with E-state index in [9.17, 15) is 28.2 Å². The van der Waals surface area contributed by atoms with Crippen LogP contribution in [0.4, 0.5) is 24.5 Å². The highest BCUT2D eigenvalue weighted by molar-refractivity contribution is 5.97. The molecule has 0 aliphatic rings. The van der Waals surface area contributed by atoms with Crippen molar-refractivity contribution in [3.8, 4) is 22.7 Å². The smallest absolute Gasteiger partial charge is 0.416 e. The van der Waals surface area contributed by atoms with Gasteiger partial charge in [0, 0.05) is 11.1 Å². The van der Waals surface area contributed by atoms with Gasteiger partial charge in [-0.05, 0) is 103 Å². The Morgan fingerprint density at radius 2 is 1.60 bits per heavy atom. The molecule has 1 heterocycles. The van der Waals surface area contributed by atoms with Crippen molar-refractivity contribution in [2.75, 3.05) is 0 Å². The van der Waals surface area contributed by atoms with Gasteiger partial charge in [-0.2, -0.15) is 18.3 Å². The number of carboxylic acid groups (broad SMARTS) is 1. The first-order valence-corrected chi connectivity index (χ1v) is 12.3. The number of carboxylic acids is 1. The molecule has 202 valence electrons. The molecule has 6 nitrogen and oxygen atoms in total. The van der Waals surface area contributed by atoms with E-state index in [0.717, 1.165) is 28.8 Å². The lowest BCUT2D eigenvalue weighted by atomic mass is 10.0. The molecule has 40 heavy (non-hydrogen) atoms. The van der Waals surface area contributed by atoms with Crippen molar-refractivity contribution in [3.05, 3.63) is 107 Å². The lowest BCUT2D eigenvalue weighted by Crippen LogP contribution is -2.05. The first kappa shape index (κ1) is 26.7. The number of hydrogen-bond donors (Lipinski definition) is 2. The topological polar surface area (TPSA) is 87.2 Å². The number of aromatic carboxylic acids is 1. The van der Waals surface area contributed by atoms with Crippen LogP contribution in [0.5, 0.6) is 5.88 Å². The van der Waals surface area contributed by atoms with Crippen molar-refractivity contribution < 1.29 is 28.2 Å². The Labute approximate surface area is 227 Å². The van der Waals surface area contributed by atoms with Gasteiger partial charge < -0.3 is 10.2 Å². The predicted octanol–water partition coefficient (Wildman–Crippen LogP) is 9.06. The molecular weight excluding hydrogens is 519 g/mol. The number of nitrogens with zero attached hydrogens (tertiary/aromatic N) is 3. The molecular formula is C31H24F3N3O3. The number of aryl methyl sites for hydroxylation is 3. The zero-order chi connectivity index (χ0) is 28.8. The van der Waals surface area contributed by atoms with E-state index in [1.165, 1.54) is 16.7 Å². The van der Waals surface area contributed by atoms with Crippen molar-refractivity contribution >= 4 is 28.2 Å². The van der Waals surface area contributed by atoms with Gasteiger partial charge in [0.25, 0.3) is 0 Å². The largest absolute Gasteiger partial charge is 0.493 e. The maximum absolute atomic E-state index is 13.6. The van der Waals surface area contributed by atoms with E-state index < -0.39 is 17.7 Å². The van der Waals surface area contributed by atoms with Gasteiger partial charge in [0.2, 0.25) is 5.88 Å². The summed E-state index contributed by atoms with van der Waals surface area (Å²) in [6, 6.07) is 20.4. The van der Waals surface area contributed by atoms with Crippen LogP contribution < -0.4 is 0 Å². The van der Waals surface area contributed by atoms with Crippen LogP contribution in [0, 0.1) is 20.8 Å². The standard InChI is InChI=1S/C31H24F3N3O3/c1-17-11-22(20-5-4-6-21(14-20)30(39)40)15-24(12-17)35-36-28-26-10-8-23(31(32,33)34)16-27(26)37(29(28)38)25-9-7-18(2)19(3)13-25/h4-16,38H,1-3H3,(H,39,40). The molecule has 0 fully saturated rings. The summed E-state index contributed by atoms with van der Waals surface area (Å²) in [6.07, 6.45) is -4.57. The minimum atomic E-state index is -4.57. The second-order valence-corrected chi connectivity index (χ2v) is 9.65. The summed E-state index contributed by atoms with van der Waals surface area (Å²) in [7, 11) is 0. The van der Waals surface area contributed by atoms with E-state index in [-0.39, 0.29) is 22.6 Å². The van der Waals surface area contributed by atoms with Crippen LogP contribution in [-0.4, -0.2) is 20.7 Å². The van der Waals surface area contributed by atoms with Gasteiger partial charge in [0.15, 0.2) is 5.69 Å². The number of halogens is 3. The average Bonchev–Trinajstić information content (AvgIpc) is 3.18. The predicted molar refractivity (Wildman–Crippen MR) is 147 cm³/mol. The van der Waals surface area contributed by atoms with Gasteiger partial charge in [0.05, 0.1) is 22.3 Å². The van der Waals surface area contributed by atoms with E-state index in [4.69, 9.17) is 0 Å². The number of carbonyl (C=O) groups is 1. The molecule has 0 saturated heterocycles. The van der Waals surface area contributed by atoms with Crippen molar-refractivity contribution in [1.82, 2.24) is 4.57 Å². The normalized spacial score (nSPS) is 11.9. The lowest BCUT2D eigenvalue weighted by molar-refractivity contribution is -0.137. The van der Waals surface area contributed by atoms with Crippen molar-refractivity contribution in [1.29, 1.82) is 0 Å². The maximum atomic E-state index is 13.6. The molecule has 0 amide bonds.